The number of hydrogen-bond donors (Lipinski definition) is 0. The Morgan fingerprint density at radius 3 is 2.60 bits per heavy atom. The van der Waals surface area contributed by atoms with E-state index in [-0.39, 0.29) is 10.9 Å². The molecule has 0 spiro atoms. The fraction of sp³-hybridized carbons (Fsp3) is 0.278. The van der Waals surface area contributed by atoms with E-state index in [1.165, 1.54) is 22.8 Å². The molecule has 1 atom stereocenters. The molecule has 25 heavy (non-hydrogen) atoms. The first-order valence-corrected chi connectivity index (χ1v) is 10.1. The number of hydrogen-bond acceptors (Lipinski definition) is 5. The molecule has 0 amide bonds. The van der Waals surface area contributed by atoms with Crippen LogP contribution in [0.4, 0.5) is 0 Å². The van der Waals surface area contributed by atoms with Crippen molar-refractivity contribution < 1.29 is 13.2 Å². The minimum atomic E-state index is -3.71. The molecular formula is C18H20N2O3S2. The summed E-state index contributed by atoms with van der Waals surface area (Å²) in [7, 11) is -0.664. The molecule has 2 aromatic carbocycles. The van der Waals surface area contributed by atoms with E-state index in [1.54, 1.807) is 19.2 Å². The minimum absolute atomic E-state index is 0.172. The molecule has 0 unspecified atom stereocenters. The average Bonchev–Trinajstić information content (AvgIpc) is 3.04. The largest absolute Gasteiger partial charge is 0.495 e. The van der Waals surface area contributed by atoms with Gasteiger partial charge in [0.15, 0.2) is 0 Å². The predicted molar refractivity (Wildman–Crippen MR) is 101 cm³/mol. The number of para-hydroxylation sites is 1. The summed E-state index contributed by atoms with van der Waals surface area (Å²) in [6, 6.07) is 12.6. The number of thiazole rings is 1. The van der Waals surface area contributed by atoms with E-state index in [0.717, 1.165) is 20.8 Å². The maximum atomic E-state index is 13.1. The predicted octanol–water partition coefficient (Wildman–Crippen LogP) is 4.00. The Hall–Kier alpha value is -1.96. The van der Waals surface area contributed by atoms with Gasteiger partial charge in [-0.1, -0.05) is 18.2 Å². The number of methoxy groups -OCH3 is 1. The number of sulfonamides is 1. The summed E-state index contributed by atoms with van der Waals surface area (Å²) in [6.45, 7) is 3.70. The van der Waals surface area contributed by atoms with Crippen LogP contribution >= 0.6 is 11.3 Å². The maximum absolute atomic E-state index is 13.1. The van der Waals surface area contributed by atoms with Gasteiger partial charge in [0.2, 0.25) is 10.0 Å². The topological polar surface area (TPSA) is 59.5 Å². The van der Waals surface area contributed by atoms with Gasteiger partial charge in [0, 0.05) is 7.05 Å². The first-order valence-electron chi connectivity index (χ1n) is 7.82. The second kappa shape index (κ2) is 6.74. The third-order valence-corrected chi connectivity index (χ3v) is 7.35. The SMILES string of the molecule is COc1ccc(C)cc1S(=O)(=O)N(C)[C@@H](C)c1nc2ccccc2s1. The molecule has 0 saturated carbocycles. The lowest BCUT2D eigenvalue weighted by molar-refractivity contribution is 0.381. The molecule has 0 fully saturated rings. The molecule has 5 nitrogen and oxygen atoms in total. The number of fused-ring (bicyclic) bond motifs is 1. The van der Waals surface area contributed by atoms with E-state index in [1.807, 2.05) is 44.2 Å². The lowest BCUT2D eigenvalue weighted by Gasteiger charge is -2.23. The zero-order valence-corrected chi connectivity index (χ0v) is 16.2. The van der Waals surface area contributed by atoms with E-state index in [9.17, 15) is 8.42 Å². The molecule has 0 saturated heterocycles. The number of benzene rings is 2. The second-order valence-electron chi connectivity index (χ2n) is 5.87. The standard InChI is InChI=1S/C18H20N2O3S2/c1-12-9-10-15(23-4)17(11-12)25(21,22)20(3)13(2)18-19-14-7-5-6-8-16(14)24-18/h5-11,13H,1-4H3/t13-/m0/s1. The second-order valence-corrected chi connectivity index (χ2v) is 8.90. The fourth-order valence-corrected chi connectivity index (χ4v) is 5.27. The molecule has 7 heteroatoms. The Morgan fingerprint density at radius 2 is 1.92 bits per heavy atom. The van der Waals surface area contributed by atoms with Crippen LogP contribution in [0.2, 0.25) is 0 Å². The zero-order valence-electron chi connectivity index (χ0n) is 14.6. The highest BCUT2D eigenvalue weighted by Gasteiger charge is 2.30. The molecule has 0 N–H and O–H groups in total. The number of nitrogens with zero attached hydrogens (tertiary/aromatic N) is 2. The molecule has 132 valence electrons. The van der Waals surface area contributed by atoms with Crippen LogP contribution in [0.1, 0.15) is 23.5 Å². The smallest absolute Gasteiger partial charge is 0.247 e. The maximum Gasteiger partial charge on any atom is 0.247 e. The van der Waals surface area contributed by atoms with Gasteiger partial charge in [-0.05, 0) is 43.7 Å². The van der Waals surface area contributed by atoms with Gasteiger partial charge in [0.1, 0.15) is 15.7 Å². The van der Waals surface area contributed by atoms with E-state index >= 15 is 0 Å². The quantitative estimate of drug-likeness (QED) is 0.675. The zero-order chi connectivity index (χ0) is 18.2. The molecule has 0 aliphatic heterocycles. The van der Waals surface area contributed by atoms with Gasteiger partial charge >= 0.3 is 0 Å². The monoisotopic (exact) mass is 376 g/mol. The molecule has 3 aromatic rings. The van der Waals surface area contributed by atoms with E-state index < -0.39 is 10.0 Å². The lowest BCUT2D eigenvalue weighted by Crippen LogP contribution is -2.30. The molecule has 0 radical (unpaired) electrons. The van der Waals surface area contributed by atoms with Crippen LogP contribution in [0.5, 0.6) is 5.75 Å². The summed E-state index contributed by atoms with van der Waals surface area (Å²) in [5.74, 6) is 0.342. The molecule has 1 heterocycles. The van der Waals surface area contributed by atoms with Crippen LogP contribution in [-0.2, 0) is 10.0 Å². The van der Waals surface area contributed by atoms with Gasteiger partial charge in [0.05, 0.1) is 23.4 Å². The van der Waals surface area contributed by atoms with Crippen LogP contribution in [0.25, 0.3) is 10.2 Å². The summed E-state index contributed by atoms with van der Waals surface area (Å²) >= 11 is 1.51. The van der Waals surface area contributed by atoms with Crippen molar-refractivity contribution in [3.05, 3.63) is 53.0 Å². The lowest BCUT2D eigenvalue weighted by atomic mass is 10.2. The highest BCUT2D eigenvalue weighted by Crippen LogP contribution is 2.34. The van der Waals surface area contributed by atoms with Gasteiger partial charge in [-0.15, -0.1) is 11.3 Å². The van der Waals surface area contributed by atoms with Crippen molar-refractivity contribution in [2.45, 2.75) is 24.8 Å². The summed E-state index contributed by atoms with van der Waals surface area (Å²) in [4.78, 5) is 4.75. The fourth-order valence-electron chi connectivity index (χ4n) is 2.57. The highest BCUT2D eigenvalue weighted by molar-refractivity contribution is 7.89. The third kappa shape index (κ3) is 3.27. The van der Waals surface area contributed by atoms with Crippen LogP contribution in [0.15, 0.2) is 47.4 Å². The number of aryl methyl sites for hydroxylation is 1. The van der Waals surface area contributed by atoms with E-state index in [0.29, 0.717) is 5.75 Å². The average molecular weight is 377 g/mol. The molecule has 1 aromatic heterocycles. The van der Waals surface area contributed by atoms with E-state index in [2.05, 4.69) is 4.98 Å². The normalized spacial score (nSPS) is 13.3. The minimum Gasteiger partial charge on any atom is -0.495 e. The Bertz CT molecular complexity index is 979. The highest BCUT2D eigenvalue weighted by atomic mass is 32.2. The molecule has 3 rings (SSSR count). The van der Waals surface area contributed by atoms with Crippen molar-refractivity contribution in [2.24, 2.45) is 0 Å². The number of aromatic nitrogens is 1. The van der Waals surface area contributed by atoms with Crippen molar-refractivity contribution >= 4 is 31.6 Å². The Kier molecular flexibility index (Phi) is 4.81. The van der Waals surface area contributed by atoms with Crippen molar-refractivity contribution in [1.82, 2.24) is 9.29 Å². The van der Waals surface area contributed by atoms with Crippen LogP contribution in [0, 0.1) is 6.92 Å². The van der Waals surface area contributed by atoms with Crippen molar-refractivity contribution in [3.63, 3.8) is 0 Å². The van der Waals surface area contributed by atoms with Gasteiger partial charge in [-0.25, -0.2) is 13.4 Å². The molecule has 0 aliphatic carbocycles. The third-order valence-electron chi connectivity index (χ3n) is 4.19. The van der Waals surface area contributed by atoms with Gasteiger partial charge < -0.3 is 4.74 Å². The van der Waals surface area contributed by atoms with Gasteiger partial charge in [-0.3, -0.25) is 0 Å². The Labute approximate surface area is 151 Å². The Morgan fingerprint density at radius 1 is 1.20 bits per heavy atom. The Balaban J connectivity index is 2.01. The summed E-state index contributed by atoms with van der Waals surface area (Å²) in [5, 5.41) is 0.763. The molecule has 0 bridgehead atoms. The van der Waals surface area contributed by atoms with Gasteiger partial charge in [-0.2, -0.15) is 4.31 Å². The van der Waals surface area contributed by atoms with Crippen molar-refractivity contribution in [3.8, 4) is 5.75 Å². The molecule has 0 aliphatic rings. The van der Waals surface area contributed by atoms with Crippen LogP contribution in [-0.4, -0.2) is 31.9 Å². The van der Waals surface area contributed by atoms with Crippen molar-refractivity contribution in [2.75, 3.05) is 14.2 Å². The summed E-state index contributed by atoms with van der Waals surface area (Å²) < 4.78 is 33.9. The number of rotatable bonds is 5. The van der Waals surface area contributed by atoms with Crippen LogP contribution in [0.3, 0.4) is 0 Å². The number of ether oxygens (including phenoxy) is 1. The first kappa shape index (κ1) is 17.8. The van der Waals surface area contributed by atoms with E-state index in [4.69, 9.17) is 4.74 Å². The summed E-state index contributed by atoms with van der Waals surface area (Å²) in [5.41, 5.74) is 1.74. The first-order chi connectivity index (χ1) is 11.8. The van der Waals surface area contributed by atoms with Gasteiger partial charge in [0.25, 0.3) is 0 Å². The summed E-state index contributed by atoms with van der Waals surface area (Å²) in [6.07, 6.45) is 0. The van der Waals surface area contributed by atoms with Crippen molar-refractivity contribution in [1.29, 1.82) is 0 Å². The van der Waals surface area contributed by atoms with Crippen LogP contribution < -0.4 is 4.74 Å². The molecular weight excluding hydrogens is 356 g/mol.